The minimum absolute atomic E-state index is 0. The number of nitrogens with one attached hydrogen (secondary N) is 1. The molecule has 8 heteroatoms. The molecule has 0 fully saturated rings. The number of rotatable bonds is 3. The molecule has 1 unspecified atom stereocenters. The van der Waals surface area contributed by atoms with Gasteiger partial charge in [-0.25, -0.2) is 9.38 Å². The van der Waals surface area contributed by atoms with E-state index < -0.39 is 28.1 Å². The Morgan fingerprint density at radius 3 is 2.58 bits per heavy atom. The van der Waals surface area contributed by atoms with Gasteiger partial charge in [-0.1, -0.05) is 0 Å². The van der Waals surface area contributed by atoms with Crippen LogP contribution in [0, 0.1) is 5.82 Å². The Kier molecular flexibility index (Phi) is 6.64. The number of nitrogens with zero attached hydrogens (tertiary/aromatic N) is 1. The Hall–Kier alpha value is -0.254. The van der Waals surface area contributed by atoms with Gasteiger partial charge in [0.05, 0.1) is 5.25 Å². The van der Waals surface area contributed by atoms with Crippen LogP contribution in [0.1, 0.15) is 6.42 Å². The fourth-order valence-electron chi connectivity index (χ4n) is 1.40. The number of carbonyl (C=O) groups is 2. The van der Waals surface area contributed by atoms with E-state index in [2.05, 4.69) is 10.3 Å². The first-order valence-corrected chi connectivity index (χ1v) is 5.94. The molecule has 1 atom stereocenters. The minimum Gasteiger partial charge on any atom is -0.854 e. The number of hydrogen-bond donors (Lipinski definition) is 1. The summed E-state index contributed by atoms with van der Waals surface area (Å²) in [6, 6.07) is 5.24. The molecule has 1 N–H and O–H groups in total. The first kappa shape index (κ1) is 16.8. The third kappa shape index (κ3) is 4.97. The van der Waals surface area contributed by atoms with Crippen LogP contribution in [-0.2, 0) is 9.59 Å². The maximum absolute atomic E-state index is 12.6. The van der Waals surface area contributed by atoms with Crippen molar-refractivity contribution in [3.05, 3.63) is 30.1 Å². The SMILES string of the molecule is O=C(CC1SC([O-])=NC1=O)Nc1ccc(F)cc1.[K]. The maximum Gasteiger partial charge on any atom is 0.259 e. The van der Waals surface area contributed by atoms with Crippen molar-refractivity contribution >= 4 is 85.9 Å². The minimum atomic E-state index is -0.752. The molecule has 1 radical (unpaired) electrons. The van der Waals surface area contributed by atoms with Crippen LogP contribution in [0.2, 0.25) is 0 Å². The van der Waals surface area contributed by atoms with Gasteiger partial charge < -0.3 is 10.4 Å². The molecule has 0 saturated heterocycles. The first-order chi connectivity index (χ1) is 8.54. The standard InChI is InChI=1S/C11H9FN2O3S.K/c12-6-1-3-7(4-2-6)13-9(15)5-8-10(16)14-11(17)18-8;/h1-4,8H,5H2,(H,13,15)(H,14,16,17);/p-1. The predicted octanol–water partition coefficient (Wildman–Crippen LogP) is 0.132. The van der Waals surface area contributed by atoms with Crippen LogP contribution in [0.5, 0.6) is 0 Å². The van der Waals surface area contributed by atoms with Crippen LogP contribution < -0.4 is 10.4 Å². The van der Waals surface area contributed by atoms with E-state index in [0.29, 0.717) is 5.69 Å². The quantitative estimate of drug-likeness (QED) is 0.805. The topological polar surface area (TPSA) is 81.6 Å². The summed E-state index contributed by atoms with van der Waals surface area (Å²) in [7, 11) is 0. The molecule has 19 heavy (non-hydrogen) atoms. The Labute approximate surface area is 155 Å². The fraction of sp³-hybridized carbons (Fsp3) is 0.182. The molecule has 0 spiro atoms. The normalized spacial score (nSPS) is 17.6. The van der Waals surface area contributed by atoms with Crippen molar-refractivity contribution in [2.24, 2.45) is 4.99 Å². The van der Waals surface area contributed by atoms with Gasteiger partial charge in [0.15, 0.2) is 0 Å². The van der Waals surface area contributed by atoms with Gasteiger partial charge in [0, 0.05) is 68.7 Å². The Bertz CT molecular complexity index is 521. The van der Waals surface area contributed by atoms with Crippen LogP contribution in [-0.4, -0.2) is 73.7 Å². The zero-order valence-electron chi connectivity index (χ0n) is 10.1. The molecule has 1 aliphatic heterocycles. The molecule has 2 rings (SSSR count). The smallest absolute Gasteiger partial charge is 0.259 e. The van der Waals surface area contributed by atoms with E-state index in [1.165, 1.54) is 24.3 Å². The van der Waals surface area contributed by atoms with Gasteiger partial charge in [0.2, 0.25) is 5.91 Å². The molecule has 1 heterocycles. The van der Waals surface area contributed by atoms with Crippen molar-refractivity contribution in [2.45, 2.75) is 11.7 Å². The van der Waals surface area contributed by atoms with Gasteiger partial charge in [-0.05, 0) is 24.3 Å². The predicted molar refractivity (Wildman–Crippen MR) is 69.2 cm³/mol. The van der Waals surface area contributed by atoms with Gasteiger partial charge in [-0.15, -0.1) is 11.8 Å². The number of anilines is 1. The maximum atomic E-state index is 12.6. The molecule has 0 bridgehead atoms. The summed E-state index contributed by atoms with van der Waals surface area (Å²) >= 11 is 0.739. The van der Waals surface area contributed by atoms with Gasteiger partial charge >= 0.3 is 0 Å². The molecule has 1 aliphatic rings. The number of thioether (sulfide) groups is 1. The number of hydrogen-bond acceptors (Lipinski definition) is 4. The Morgan fingerprint density at radius 1 is 1.42 bits per heavy atom. The second-order valence-corrected chi connectivity index (χ2v) is 4.74. The average Bonchev–Trinajstić information content (AvgIpc) is 2.61. The molecule has 1 aromatic carbocycles. The molecule has 0 saturated carbocycles. The molecular weight excluding hydrogens is 298 g/mol. The fourth-order valence-corrected chi connectivity index (χ4v) is 2.18. The van der Waals surface area contributed by atoms with Crippen molar-refractivity contribution in [3.63, 3.8) is 0 Å². The molecule has 95 valence electrons. The van der Waals surface area contributed by atoms with Crippen LogP contribution in [0.4, 0.5) is 10.1 Å². The third-order valence-corrected chi connectivity index (χ3v) is 3.16. The summed E-state index contributed by atoms with van der Waals surface area (Å²) < 4.78 is 12.6. The van der Waals surface area contributed by atoms with E-state index in [1.807, 2.05) is 0 Å². The van der Waals surface area contributed by atoms with Gasteiger partial charge in [-0.3, -0.25) is 9.59 Å². The average molecular weight is 306 g/mol. The van der Waals surface area contributed by atoms with Gasteiger partial charge in [0.1, 0.15) is 5.82 Å². The van der Waals surface area contributed by atoms with Crippen molar-refractivity contribution in [1.82, 2.24) is 0 Å². The largest absolute Gasteiger partial charge is 0.854 e. The second kappa shape index (κ2) is 7.51. The molecule has 0 aliphatic carbocycles. The summed E-state index contributed by atoms with van der Waals surface area (Å²) in [6.45, 7) is 0. The summed E-state index contributed by atoms with van der Waals surface area (Å²) in [6.07, 6.45) is -0.129. The van der Waals surface area contributed by atoms with E-state index >= 15 is 0 Å². The summed E-state index contributed by atoms with van der Waals surface area (Å²) in [5, 5.41) is 12.0. The zero-order chi connectivity index (χ0) is 13.1. The van der Waals surface area contributed by atoms with E-state index in [1.54, 1.807) is 0 Å². The molecule has 0 aromatic heterocycles. The summed E-state index contributed by atoms with van der Waals surface area (Å²) in [5.74, 6) is -1.41. The number of benzene rings is 1. The third-order valence-electron chi connectivity index (χ3n) is 2.22. The van der Waals surface area contributed by atoms with Crippen LogP contribution in [0.25, 0.3) is 0 Å². The van der Waals surface area contributed by atoms with Gasteiger partial charge in [-0.2, -0.15) is 0 Å². The Morgan fingerprint density at radius 2 is 2.05 bits per heavy atom. The first-order valence-electron chi connectivity index (χ1n) is 5.06. The molecule has 5 nitrogen and oxygen atoms in total. The van der Waals surface area contributed by atoms with Crippen molar-refractivity contribution in [3.8, 4) is 0 Å². The number of amides is 2. The molecule has 1 aromatic rings. The number of carbonyl (C=O) groups excluding carboxylic acids is 2. The van der Waals surface area contributed by atoms with Crippen molar-refractivity contribution in [1.29, 1.82) is 0 Å². The van der Waals surface area contributed by atoms with Gasteiger partial charge in [0.25, 0.3) is 5.91 Å². The Balaban J connectivity index is 0.00000180. The van der Waals surface area contributed by atoms with E-state index in [0.717, 1.165) is 11.8 Å². The summed E-state index contributed by atoms with van der Waals surface area (Å²) in [5.41, 5.74) is 0.431. The zero-order valence-corrected chi connectivity index (χ0v) is 14.0. The van der Waals surface area contributed by atoms with Crippen LogP contribution >= 0.6 is 11.8 Å². The molecule has 2 amide bonds. The van der Waals surface area contributed by atoms with E-state index in [-0.39, 0.29) is 57.8 Å². The van der Waals surface area contributed by atoms with Crippen molar-refractivity contribution < 1.29 is 19.1 Å². The molecular formula is C11H8FKN2O3S-. The number of aliphatic imine (C=N–C) groups is 1. The summed E-state index contributed by atoms with van der Waals surface area (Å²) in [4.78, 5) is 26.0. The second-order valence-electron chi connectivity index (χ2n) is 3.58. The van der Waals surface area contributed by atoms with E-state index in [4.69, 9.17) is 0 Å². The van der Waals surface area contributed by atoms with Crippen LogP contribution in [0.3, 0.4) is 0 Å². The van der Waals surface area contributed by atoms with E-state index in [9.17, 15) is 19.1 Å². The van der Waals surface area contributed by atoms with Crippen LogP contribution in [0.15, 0.2) is 29.3 Å². The van der Waals surface area contributed by atoms with Crippen molar-refractivity contribution in [2.75, 3.05) is 5.32 Å². The monoisotopic (exact) mass is 306 g/mol. The number of halogens is 1.